The molecule has 1 fully saturated rings. The predicted molar refractivity (Wildman–Crippen MR) is 90.1 cm³/mol. The third-order valence-corrected chi connectivity index (χ3v) is 4.73. The van der Waals surface area contributed by atoms with Gasteiger partial charge in [-0.2, -0.15) is 0 Å². The Hall–Kier alpha value is -1.72. The number of aryl methyl sites for hydroxylation is 2. The van der Waals surface area contributed by atoms with Gasteiger partial charge in [0.1, 0.15) is 0 Å². The summed E-state index contributed by atoms with van der Waals surface area (Å²) in [6.45, 7) is 11.6. The van der Waals surface area contributed by atoms with E-state index in [2.05, 4.69) is 58.1 Å². The largest absolute Gasteiger partial charge is 0.424 e. The van der Waals surface area contributed by atoms with Crippen LogP contribution in [0.15, 0.2) is 28.7 Å². The number of nitrogens with zero attached hydrogens (tertiary/aromatic N) is 4. The molecule has 3 rings (SSSR count). The maximum absolute atomic E-state index is 5.60. The molecule has 0 aliphatic carbocycles. The normalized spacial score (nSPS) is 18.7. The maximum atomic E-state index is 5.60. The first kappa shape index (κ1) is 16.1. The Morgan fingerprint density at radius 3 is 2.65 bits per heavy atom. The summed E-state index contributed by atoms with van der Waals surface area (Å²) in [7, 11) is 0. The zero-order chi connectivity index (χ0) is 16.2. The maximum Gasteiger partial charge on any atom is 0.233 e. The number of hydrogen-bond donors (Lipinski definition) is 0. The highest BCUT2D eigenvalue weighted by Crippen LogP contribution is 2.21. The quantitative estimate of drug-likeness (QED) is 0.868. The van der Waals surface area contributed by atoms with Crippen molar-refractivity contribution in [3.8, 4) is 0 Å². The van der Waals surface area contributed by atoms with Gasteiger partial charge in [0.05, 0.1) is 6.04 Å². The lowest BCUT2D eigenvalue weighted by atomic mass is 10.1. The molecule has 23 heavy (non-hydrogen) atoms. The first-order valence-corrected chi connectivity index (χ1v) is 8.44. The predicted octanol–water partition coefficient (Wildman–Crippen LogP) is 2.96. The molecule has 2 aromatic rings. The second kappa shape index (κ2) is 7.23. The molecule has 0 bridgehead atoms. The minimum absolute atomic E-state index is 0.189. The molecule has 5 heteroatoms. The molecule has 0 amide bonds. The van der Waals surface area contributed by atoms with Gasteiger partial charge in [-0.25, -0.2) is 0 Å². The fraction of sp³-hybridized carbons (Fsp3) is 0.556. The Balaban J connectivity index is 1.60. The molecule has 1 saturated heterocycles. The first-order valence-electron chi connectivity index (χ1n) is 8.44. The van der Waals surface area contributed by atoms with Crippen molar-refractivity contribution in [3.63, 3.8) is 0 Å². The molecule has 0 unspecified atom stereocenters. The summed E-state index contributed by atoms with van der Waals surface area (Å²) < 4.78 is 5.60. The van der Waals surface area contributed by atoms with Crippen molar-refractivity contribution in [2.24, 2.45) is 0 Å². The Labute approximate surface area is 138 Å². The molecule has 1 aromatic heterocycles. The van der Waals surface area contributed by atoms with Crippen LogP contribution in [0.2, 0.25) is 0 Å². The standard InChI is InChI=1S/C18H26N4O/c1-14-7-4-5-8-17(14)13-21-9-6-10-22(12-11-21)15(2)18-20-19-16(3)23-18/h4-5,7-8,15H,6,9-13H2,1-3H3/t15-/m1/s1. The molecular formula is C18H26N4O. The SMILES string of the molecule is Cc1nnc([C@@H](C)N2CCCN(Cc3ccccc3C)CC2)o1. The third kappa shape index (κ3) is 3.98. The van der Waals surface area contributed by atoms with E-state index in [1.807, 2.05) is 6.92 Å². The summed E-state index contributed by atoms with van der Waals surface area (Å²) in [5.74, 6) is 1.37. The molecule has 0 radical (unpaired) electrons. The van der Waals surface area contributed by atoms with Crippen LogP contribution in [0, 0.1) is 13.8 Å². The van der Waals surface area contributed by atoms with Crippen molar-refractivity contribution in [1.29, 1.82) is 0 Å². The van der Waals surface area contributed by atoms with E-state index in [1.165, 1.54) is 17.5 Å². The van der Waals surface area contributed by atoms with Crippen molar-refractivity contribution in [2.75, 3.05) is 26.2 Å². The highest BCUT2D eigenvalue weighted by Gasteiger charge is 2.23. The third-order valence-electron chi connectivity index (χ3n) is 4.73. The van der Waals surface area contributed by atoms with Crippen LogP contribution in [0.5, 0.6) is 0 Å². The fourth-order valence-electron chi connectivity index (χ4n) is 3.20. The second-order valence-electron chi connectivity index (χ2n) is 6.43. The molecule has 0 saturated carbocycles. The van der Waals surface area contributed by atoms with E-state index in [4.69, 9.17) is 4.42 Å². The Morgan fingerprint density at radius 1 is 1.09 bits per heavy atom. The molecule has 1 aliphatic rings. The summed E-state index contributed by atoms with van der Waals surface area (Å²) >= 11 is 0. The summed E-state index contributed by atoms with van der Waals surface area (Å²) in [6, 6.07) is 8.86. The van der Waals surface area contributed by atoms with Gasteiger partial charge < -0.3 is 4.42 Å². The van der Waals surface area contributed by atoms with Crippen molar-refractivity contribution in [1.82, 2.24) is 20.0 Å². The van der Waals surface area contributed by atoms with Crippen LogP contribution in [-0.2, 0) is 6.54 Å². The van der Waals surface area contributed by atoms with Gasteiger partial charge in [0, 0.05) is 33.1 Å². The van der Waals surface area contributed by atoms with E-state index >= 15 is 0 Å². The number of rotatable bonds is 4. The van der Waals surface area contributed by atoms with Gasteiger partial charge in [0.2, 0.25) is 11.8 Å². The van der Waals surface area contributed by atoms with E-state index in [9.17, 15) is 0 Å². The number of benzene rings is 1. The van der Waals surface area contributed by atoms with Gasteiger partial charge in [-0.3, -0.25) is 9.80 Å². The molecule has 124 valence electrons. The lowest BCUT2D eigenvalue weighted by Gasteiger charge is -2.25. The van der Waals surface area contributed by atoms with Crippen LogP contribution in [0.1, 0.15) is 42.3 Å². The smallest absolute Gasteiger partial charge is 0.233 e. The Bertz CT molecular complexity index is 639. The van der Waals surface area contributed by atoms with Gasteiger partial charge in [-0.15, -0.1) is 10.2 Å². The van der Waals surface area contributed by atoms with Crippen molar-refractivity contribution < 1.29 is 4.42 Å². The highest BCUT2D eigenvalue weighted by molar-refractivity contribution is 5.25. The van der Waals surface area contributed by atoms with E-state index < -0.39 is 0 Å². The first-order chi connectivity index (χ1) is 11.1. The lowest BCUT2D eigenvalue weighted by molar-refractivity contribution is 0.183. The summed E-state index contributed by atoms with van der Waals surface area (Å²) in [5.41, 5.74) is 2.81. The highest BCUT2D eigenvalue weighted by atomic mass is 16.4. The molecular weight excluding hydrogens is 288 g/mol. The summed E-state index contributed by atoms with van der Waals surface area (Å²) in [6.07, 6.45) is 1.17. The van der Waals surface area contributed by atoms with Crippen LogP contribution in [0.3, 0.4) is 0 Å². The van der Waals surface area contributed by atoms with E-state index in [-0.39, 0.29) is 6.04 Å². The minimum Gasteiger partial charge on any atom is -0.424 e. The van der Waals surface area contributed by atoms with Crippen LogP contribution in [0.25, 0.3) is 0 Å². The topological polar surface area (TPSA) is 45.4 Å². The van der Waals surface area contributed by atoms with Crippen molar-refractivity contribution >= 4 is 0 Å². The van der Waals surface area contributed by atoms with Crippen LogP contribution >= 0.6 is 0 Å². The van der Waals surface area contributed by atoms with Gasteiger partial charge >= 0.3 is 0 Å². The molecule has 1 aromatic carbocycles. The molecule has 1 atom stereocenters. The number of hydrogen-bond acceptors (Lipinski definition) is 5. The van der Waals surface area contributed by atoms with Crippen LogP contribution < -0.4 is 0 Å². The molecule has 0 spiro atoms. The van der Waals surface area contributed by atoms with Gasteiger partial charge in [0.15, 0.2) is 0 Å². The summed E-state index contributed by atoms with van der Waals surface area (Å²) in [4.78, 5) is 5.00. The fourth-order valence-corrected chi connectivity index (χ4v) is 3.20. The van der Waals surface area contributed by atoms with Crippen molar-refractivity contribution in [3.05, 3.63) is 47.2 Å². The van der Waals surface area contributed by atoms with Crippen LogP contribution in [-0.4, -0.2) is 46.2 Å². The van der Waals surface area contributed by atoms with Gasteiger partial charge in [0.25, 0.3) is 0 Å². The van der Waals surface area contributed by atoms with Gasteiger partial charge in [-0.05, 0) is 37.9 Å². The Morgan fingerprint density at radius 2 is 1.91 bits per heavy atom. The second-order valence-corrected chi connectivity index (χ2v) is 6.43. The monoisotopic (exact) mass is 314 g/mol. The Kier molecular flexibility index (Phi) is 5.08. The molecule has 0 N–H and O–H groups in total. The van der Waals surface area contributed by atoms with E-state index in [1.54, 1.807) is 0 Å². The average Bonchev–Trinajstić information content (AvgIpc) is 2.84. The van der Waals surface area contributed by atoms with E-state index in [0.29, 0.717) is 5.89 Å². The zero-order valence-electron chi connectivity index (χ0n) is 14.3. The van der Waals surface area contributed by atoms with E-state index in [0.717, 1.165) is 38.6 Å². The molecule has 1 aliphatic heterocycles. The lowest BCUT2D eigenvalue weighted by Crippen LogP contribution is -2.32. The summed E-state index contributed by atoms with van der Waals surface area (Å²) in [5, 5.41) is 8.13. The average molecular weight is 314 g/mol. The van der Waals surface area contributed by atoms with Crippen molar-refractivity contribution in [2.45, 2.75) is 39.8 Å². The molecule has 2 heterocycles. The van der Waals surface area contributed by atoms with Crippen LogP contribution in [0.4, 0.5) is 0 Å². The van der Waals surface area contributed by atoms with Gasteiger partial charge in [-0.1, -0.05) is 24.3 Å². The zero-order valence-corrected chi connectivity index (χ0v) is 14.3. The minimum atomic E-state index is 0.189. The molecule has 5 nitrogen and oxygen atoms in total. The number of aromatic nitrogens is 2.